The minimum absolute atomic E-state index is 0. The van der Waals surface area contributed by atoms with Crippen LogP contribution in [0.3, 0.4) is 0 Å². The molecule has 1 unspecified atom stereocenters. The maximum Gasteiger partial charge on any atom is 0.320 e. The molecule has 1 aromatic rings. The van der Waals surface area contributed by atoms with Crippen molar-refractivity contribution < 1.29 is 9.90 Å². The highest BCUT2D eigenvalue weighted by atomic mass is 35.5. The Morgan fingerprint density at radius 2 is 1.89 bits per heavy atom. The molecule has 0 saturated carbocycles. The van der Waals surface area contributed by atoms with E-state index in [0.717, 1.165) is 12.0 Å². The highest BCUT2D eigenvalue weighted by molar-refractivity contribution is 5.85. The van der Waals surface area contributed by atoms with Gasteiger partial charge in [-0.05, 0) is 35.4 Å². The standard InChI is InChI=1S/C14H21NO2.2ClH/c1-4-10-5-6-11(8-13(15)14(16)17)12(7-10)9(2)3;;/h5-7,9,13H,4,8,15H2,1-3H3,(H,16,17);2*1H. The van der Waals surface area contributed by atoms with Crippen LogP contribution in [0.2, 0.25) is 0 Å². The molecule has 1 atom stereocenters. The lowest BCUT2D eigenvalue weighted by molar-refractivity contribution is -0.138. The third-order valence-electron chi connectivity index (χ3n) is 3.00. The lowest BCUT2D eigenvalue weighted by Crippen LogP contribution is -2.32. The van der Waals surface area contributed by atoms with Crippen molar-refractivity contribution in [2.24, 2.45) is 5.73 Å². The van der Waals surface area contributed by atoms with Gasteiger partial charge in [0.1, 0.15) is 6.04 Å². The van der Waals surface area contributed by atoms with Gasteiger partial charge >= 0.3 is 5.97 Å². The monoisotopic (exact) mass is 307 g/mol. The fraction of sp³-hybridized carbons (Fsp3) is 0.500. The van der Waals surface area contributed by atoms with E-state index in [2.05, 4.69) is 32.9 Å². The molecule has 0 amide bonds. The number of nitrogens with two attached hydrogens (primary N) is 1. The van der Waals surface area contributed by atoms with Crippen LogP contribution in [0.15, 0.2) is 18.2 Å². The van der Waals surface area contributed by atoms with Crippen LogP contribution in [0.25, 0.3) is 0 Å². The molecule has 3 N–H and O–H groups in total. The second-order valence-corrected chi connectivity index (χ2v) is 4.69. The summed E-state index contributed by atoms with van der Waals surface area (Å²) < 4.78 is 0. The predicted octanol–water partition coefficient (Wildman–Crippen LogP) is 3.17. The number of rotatable bonds is 5. The Bertz CT molecular complexity index is 408. The van der Waals surface area contributed by atoms with Crippen molar-refractivity contribution in [3.8, 4) is 0 Å². The molecule has 0 saturated heterocycles. The van der Waals surface area contributed by atoms with Crippen LogP contribution in [-0.4, -0.2) is 17.1 Å². The molecule has 19 heavy (non-hydrogen) atoms. The fourth-order valence-corrected chi connectivity index (χ4v) is 1.91. The lowest BCUT2D eigenvalue weighted by atomic mass is 9.91. The molecule has 5 heteroatoms. The Labute approximate surface area is 127 Å². The average Bonchev–Trinajstić information content (AvgIpc) is 2.29. The van der Waals surface area contributed by atoms with E-state index >= 15 is 0 Å². The van der Waals surface area contributed by atoms with Gasteiger partial charge in [-0.3, -0.25) is 4.79 Å². The van der Waals surface area contributed by atoms with Gasteiger partial charge in [0.25, 0.3) is 0 Å². The van der Waals surface area contributed by atoms with Crippen molar-refractivity contribution in [1.29, 1.82) is 0 Å². The summed E-state index contributed by atoms with van der Waals surface area (Å²) >= 11 is 0. The Kier molecular flexibility index (Phi) is 9.93. The number of hydrogen-bond acceptors (Lipinski definition) is 2. The second-order valence-electron chi connectivity index (χ2n) is 4.69. The SMILES string of the molecule is CCc1ccc(CC(N)C(=O)O)c(C(C)C)c1.Cl.Cl. The molecule has 0 bridgehead atoms. The van der Waals surface area contributed by atoms with Gasteiger partial charge in [0.15, 0.2) is 0 Å². The summed E-state index contributed by atoms with van der Waals surface area (Å²) in [5.74, 6) is -0.559. The molecule has 0 spiro atoms. The zero-order valence-electron chi connectivity index (χ0n) is 11.6. The van der Waals surface area contributed by atoms with Crippen molar-refractivity contribution in [1.82, 2.24) is 0 Å². The van der Waals surface area contributed by atoms with E-state index in [9.17, 15) is 4.79 Å². The maximum atomic E-state index is 10.8. The first-order valence-electron chi connectivity index (χ1n) is 6.05. The molecule has 0 fully saturated rings. The molecule has 0 aliphatic heterocycles. The summed E-state index contributed by atoms with van der Waals surface area (Å²) in [7, 11) is 0. The number of aliphatic carboxylic acids is 1. The largest absolute Gasteiger partial charge is 0.480 e. The number of carboxylic acid groups (broad SMARTS) is 1. The summed E-state index contributed by atoms with van der Waals surface area (Å²) in [6.45, 7) is 6.34. The summed E-state index contributed by atoms with van der Waals surface area (Å²) in [6, 6.07) is 5.40. The normalized spacial score (nSPS) is 11.4. The number of aryl methyl sites for hydroxylation is 1. The van der Waals surface area contributed by atoms with Crippen LogP contribution in [0.4, 0.5) is 0 Å². The quantitative estimate of drug-likeness (QED) is 0.878. The average molecular weight is 308 g/mol. The fourth-order valence-electron chi connectivity index (χ4n) is 1.91. The van der Waals surface area contributed by atoms with Crippen molar-refractivity contribution in [2.75, 3.05) is 0 Å². The molecule has 1 aromatic carbocycles. The molecular formula is C14H23Cl2NO2. The van der Waals surface area contributed by atoms with Gasteiger partial charge in [-0.25, -0.2) is 0 Å². The zero-order valence-corrected chi connectivity index (χ0v) is 13.2. The highest BCUT2D eigenvalue weighted by Gasteiger charge is 2.15. The summed E-state index contributed by atoms with van der Waals surface area (Å²) in [5, 5.41) is 8.85. The second kappa shape index (κ2) is 9.18. The van der Waals surface area contributed by atoms with E-state index in [4.69, 9.17) is 10.8 Å². The minimum Gasteiger partial charge on any atom is -0.480 e. The first-order valence-corrected chi connectivity index (χ1v) is 6.05. The molecule has 0 aromatic heterocycles. The van der Waals surface area contributed by atoms with Crippen LogP contribution in [-0.2, 0) is 17.6 Å². The zero-order chi connectivity index (χ0) is 13.0. The van der Waals surface area contributed by atoms with Gasteiger partial charge in [-0.1, -0.05) is 39.0 Å². The molecule has 1 rings (SSSR count). The van der Waals surface area contributed by atoms with Crippen LogP contribution in [0, 0.1) is 0 Å². The van der Waals surface area contributed by atoms with Gasteiger partial charge in [0, 0.05) is 0 Å². The van der Waals surface area contributed by atoms with E-state index < -0.39 is 12.0 Å². The first-order chi connectivity index (χ1) is 7.95. The number of carboxylic acids is 1. The Hall–Kier alpha value is -0.770. The highest BCUT2D eigenvalue weighted by Crippen LogP contribution is 2.22. The topological polar surface area (TPSA) is 63.3 Å². The Morgan fingerprint density at radius 1 is 1.32 bits per heavy atom. The van der Waals surface area contributed by atoms with Gasteiger partial charge in [-0.2, -0.15) is 0 Å². The number of benzene rings is 1. The van der Waals surface area contributed by atoms with Crippen LogP contribution in [0.5, 0.6) is 0 Å². The molecule has 3 nitrogen and oxygen atoms in total. The molecule has 0 heterocycles. The van der Waals surface area contributed by atoms with Crippen molar-refractivity contribution in [2.45, 2.75) is 45.6 Å². The molecule has 0 aliphatic carbocycles. The van der Waals surface area contributed by atoms with Crippen molar-refractivity contribution in [3.63, 3.8) is 0 Å². The van der Waals surface area contributed by atoms with Gasteiger partial charge in [0.2, 0.25) is 0 Å². The third-order valence-corrected chi connectivity index (χ3v) is 3.00. The lowest BCUT2D eigenvalue weighted by Gasteiger charge is -2.16. The van der Waals surface area contributed by atoms with E-state index in [1.807, 2.05) is 6.07 Å². The Morgan fingerprint density at radius 3 is 2.32 bits per heavy atom. The summed E-state index contributed by atoms with van der Waals surface area (Å²) in [6.07, 6.45) is 1.39. The van der Waals surface area contributed by atoms with Gasteiger partial charge in [0.05, 0.1) is 0 Å². The van der Waals surface area contributed by atoms with E-state index in [-0.39, 0.29) is 24.8 Å². The Balaban J connectivity index is 0. The summed E-state index contributed by atoms with van der Waals surface area (Å²) in [4.78, 5) is 10.8. The van der Waals surface area contributed by atoms with Gasteiger partial charge < -0.3 is 10.8 Å². The number of halogens is 2. The first kappa shape index (κ1) is 20.5. The van der Waals surface area contributed by atoms with E-state index in [0.29, 0.717) is 12.3 Å². The van der Waals surface area contributed by atoms with E-state index in [1.165, 1.54) is 11.1 Å². The van der Waals surface area contributed by atoms with Crippen LogP contribution >= 0.6 is 24.8 Å². The van der Waals surface area contributed by atoms with Gasteiger partial charge in [-0.15, -0.1) is 24.8 Å². The predicted molar refractivity (Wildman–Crippen MR) is 83.7 cm³/mol. The van der Waals surface area contributed by atoms with Crippen LogP contribution < -0.4 is 5.73 Å². The third kappa shape index (κ3) is 5.81. The van der Waals surface area contributed by atoms with Crippen molar-refractivity contribution in [3.05, 3.63) is 34.9 Å². The summed E-state index contributed by atoms with van der Waals surface area (Å²) in [5.41, 5.74) is 9.13. The minimum atomic E-state index is -0.945. The molecular weight excluding hydrogens is 285 g/mol. The van der Waals surface area contributed by atoms with E-state index in [1.54, 1.807) is 0 Å². The molecule has 0 radical (unpaired) electrons. The smallest absolute Gasteiger partial charge is 0.320 e. The number of carbonyl (C=O) groups is 1. The maximum absolute atomic E-state index is 10.8. The van der Waals surface area contributed by atoms with Crippen LogP contribution in [0.1, 0.15) is 43.4 Å². The molecule has 0 aliphatic rings. The van der Waals surface area contributed by atoms with Crippen molar-refractivity contribution >= 4 is 30.8 Å². The molecule has 110 valence electrons. The number of hydrogen-bond donors (Lipinski definition) is 2.